The standard InChI is InChI=1S/C37H41Cl2N7O6S/c1-4-52-31-21-27(23-40)32(53(49,50)42(2)3)22-30(31)36-41-34(25-5-9-28(38)10-6-25)35(26-7-11-29(39)12-8-26)46(36)37(48)45-15-13-43(14-16-45)24-33(47)44-17-19-51-20-18-44/h5-12,21-22,34-35H,4,13-20,24H2,1-3H3/t34-,35+/m0/s1. The summed E-state index contributed by atoms with van der Waals surface area (Å²) < 4.78 is 39.6. The number of hydrogen-bond donors (Lipinski definition) is 0. The van der Waals surface area contributed by atoms with Crippen LogP contribution in [0.3, 0.4) is 0 Å². The number of urea groups is 1. The van der Waals surface area contributed by atoms with Crippen LogP contribution in [0.4, 0.5) is 4.79 Å². The minimum atomic E-state index is -4.11. The molecule has 0 aliphatic carbocycles. The van der Waals surface area contributed by atoms with E-state index in [2.05, 4.69) is 0 Å². The number of morpholine rings is 1. The molecule has 3 aliphatic rings. The molecule has 0 aromatic heterocycles. The van der Waals surface area contributed by atoms with E-state index in [-0.39, 0.29) is 52.7 Å². The molecule has 16 heteroatoms. The predicted molar refractivity (Wildman–Crippen MR) is 201 cm³/mol. The number of rotatable bonds is 9. The molecule has 3 aliphatic heterocycles. The number of amides is 3. The number of benzene rings is 3. The van der Waals surface area contributed by atoms with E-state index in [9.17, 15) is 18.5 Å². The summed E-state index contributed by atoms with van der Waals surface area (Å²) in [4.78, 5) is 40.1. The molecule has 3 amide bonds. The average molecular weight is 783 g/mol. The van der Waals surface area contributed by atoms with Gasteiger partial charge in [-0.15, -0.1) is 0 Å². The lowest BCUT2D eigenvalue weighted by molar-refractivity contribution is -0.136. The molecule has 0 N–H and O–H groups in total. The highest BCUT2D eigenvalue weighted by Crippen LogP contribution is 2.46. The molecular weight excluding hydrogens is 741 g/mol. The van der Waals surface area contributed by atoms with E-state index in [1.54, 1.807) is 45.9 Å². The Morgan fingerprint density at radius 1 is 0.925 bits per heavy atom. The molecule has 3 heterocycles. The van der Waals surface area contributed by atoms with Gasteiger partial charge >= 0.3 is 6.03 Å². The lowest BCUT2D eigenvalue weighted by Crippen LogP contribution is -2.56. The summed E-state index contributed by atoms with van der Waals surface area (Å²) in [7, 11) is -1.34. The molecule has 280 valence electrons. The van der Waals surface area contributed by atoms with Gasteiger partial charge in [0.05, 0.1) is 43.5 Å². The molecule has 6 rings (SSSR count). The summed E-state index contributed by atoms with van der Waals surface area (Å²) in [6.45, 7) is 6.00. The Bertz CT molecular complexity index is 2010. The van der Waals surface area contributed by atoms with E-state index in [1.807, 2.05) is 35.2 Å². The van der Waals surface area contributed by atoms with Gasteiger partial charge in [0.25, 0.3) is 0 Å². The van der Waals surface area contributed by atoms with Gasteiger partial charge in [0.15, 0.2) is 0 Å². The van der Waals surface area contributed by atoms with E-state index in [0.717, 1.165) is 15.4 Å². The third-order valence-electron chi connectivity index (χ3n) is 9.56. The van der Waals surface area contributed by atoms with Crippen LogP contribution in [0, 0.1) is 11.3 Å². The zero-order valence-electron chi connectivity index (χ0n) is 29.7. The molecule has 0 spiro atoms. The van der Waals surface area contributed by atoms with Crippen molar-refractivity contribution in [3.8, 4) is 11.8 Å². The van der Waals surface area contributed by atoms with Crippen LogP contribution < -0.4 is 4.74 Å². The molecule has 0 saturated carbocycles. The fourth-order valence-corrected chi connectivity index (χ4v) is 8.01. The third-order valence-corrected chi connectivity index (χ3v) is 11.9. The van der Waals surface area contributed by atoms with Gasteiger partial charge in [-0.1, -0.05) is 47.5 Å². The fourth-order valence-electron chi connectivity index (χ4n) is 6.72. The van der Waals surface area contributed by atoms with Crippen molar-refractivity contribution >= 4 is 51.0 Å². The molecular formula is C37H41Cl2N7O6S. The number of piperazine rings is 1. The first kappa shape index (κ1) is 38.5. The first-order valence-corrected chi connectivity index (χ1v) is 19.5. The minimum Gasteiger partial charge on any atom is -0.493 e. The van der Waals surface area contributed by atoms with Gasteiger partial charge in [0.2, 0.25) is 15.9 Å². The molecule has 0 bridgehead atoms. The Morgan fingerprint density at radius 2 is 1.53 bits per heavy atom. The topological polar surface area (TPSA) is 139 Å². The summed E-state index contributed by atoms with van der Waals surface area (Å²) in [5, 5.41) is 11.1. The minimum absolute atomic E-state index is 0.0309. The quantitative estimate of drug-likeness (QED) is 0.306. The second-order valence-electron chi connectivity index (χ2n) is 13.0. The van der Waals surface area contributed by atoms with Gasteiger partial charge in [-0.3, -0.25) is 19.6 Å². The van der Waals surface area contributed by atoms with Crippen molar-refractivity contribution in [1.82, 2.24) is 23.9 Å². The highest BCUT2D eigenvalue weighted by atomic mass is 35.5. The van der Waals surface area contributed by atoms with Crippen molar-refractivity contribution in [2.45, 2.75) is 23.9 Å². The molecule has 13 nitrogen and oxygen atoms in total. The van der Waals surface area contributed by atoms with Gasteiger partial charge in [-0.25, -0.2) is 17.5 Å². The number of carbonyl (C=O) groups excluding carboxylic acids is 2. The Hall–Kier alpha value is -4.23. The van der Waals surface area contributed by atoms with Crippen molar-refractivity contribution in [3.63, 3.8) is 0 Å². The van der Waals surface area contributed by atoms with Crippen molar-refractivity contribution in [1.29, 1.82) is 5.26 Å². The largest absolute Gasteiger partial charge is 0.493 e. The first-order chi connectivity index (χ1) is 25.4. The van der Waals surface area contributed by atoms with Gasteiger partial charge < -0.3 is 19.3 Å². The number of aliphatic imine (C=N–C) groups is 1. The van der Waals surface area contributed by atoms with Gasteiger partial charge in [-0.05, 0) is 48.4 Å². The second-order valence-corrected chi connectivity index (χ2v) is 16.0. The molecule has 53 heavy (non-hydrogen) atoms. The van der Waals surface area contributed by atoms with Crippen LogP contribution in [0.1, 0.15) is 41.3 Å². The SMILES string of the molecule is CCOc1cc(C#N)c(S(=O)(=O)N(C)C)cc1C1=N[C@@H](c2ccc(Cl)cc2)[C@@H](c2ccc(Cl)cc2)N1C(=O)N1CCN(CC(=O)N2CCOCC2)CC1. The van der Waals surface area contributed by atoms with Crippen LogP contribution >= 0.6 is 23.2 Å². The number of amidine groups is 1. The lowest BCUT2D eigenvalue weighted by Gasteiger charge is -2.39. The van der Waals surface area contributed by atoms with Crippen LogP contribution in [0.5, 0.6) is 5.75 Å². The molecule has 3 aromatic rings. The smallest absolute Gasteiger partial charge is 0.326 e. The molecule has 0 unspecified atom stereocenters. The number of halogens is 2. The lowest BCUT2D eigenvalue weighted by atomic mass is 9.93. The normalized spacial score (nSPS) is 19.6. The maximum absolute atomic E-state index is 15.0. The maximum atomic E-state index is 15.0. The number of carbonyl (C=O) groups is 2. The van der Waals surface area contributed by atoms with Crippen molar-refractivity contribution in [3.05, 3.63) is 93.0 Å². The van der Waals surface area contributed by atoms with E-state index >= 15 is 4.79 Å². The molecule has 0 radical (unpaired) electrons. The van der Waals surface area contributed by atoms with Crippen LogP contribution in [0.15, 0.2) is 70.6 Å². The summed E-state index contributed by atoms with van der Waals surface area (Å²) in [6.07, 6.45) is 0. The fraction of sp³-hybridized carbons (Fsp3) is 0.405. The summed E-state index contributed by atoms with van der Waals surface area (Å²) in [5.41, 5.74) is 1.64. The van der Waals surface area contributed by atoms with Crippen LogP contribution in [-0.4, -0.2) is 130 Å². The van der Waals surface area contributed by atoms with Gasteiger partial charge in [0.1, 0.15) is 28.6 Å². The van der Waals surface area contributed by atoms with Crippen LogP contribution in [0.25, 0.3) is 0 Å². The number of nitriles is 1. The summed E-state index contributed by atoms with van der Waals surface area (Å²) >= 11 is 12.6. The third kappa shape index (κ3) is 8.16. The number of ether oxygens (including phenoxy) is 2. The van der Waals surface area contributed by atoms with Crippen LogP contribution in [-0.2, 0) is 19.6 Å². The second kappa shape index (κ2) is 16.4. The molecule has 2 fully saturated rings. The highest BCUT2D eigenvalue weighted by Gasteiger charge is 2.45. The Kier molecular flexibility index (Phi) is 11.9. The first-order valence-electron chi connectivity index (χ1n) is 17.3. The van der Waals surface area contributed by atoms with Crippen LogP contribution in [0.2, 0.25) is 10.0 Å². The van der Waals surface area contributed by atoms with E-state index in [4.69, 9.17) is 37.7 Å². The molecule has 2 atom stereocenters. The Labute approximate surface area is 319 Å². The number of hydrogen-bond acceptors (Lipinski definition) is 9. The van der Waals surface area contributed by atoms with Crippen molar-refractivity contribution in [2.75, 3.05) is 79.7 Å². The molecule has 3 aromatic carbocycles. The van der Waals surface area contributed by atoms with Crippen molar-refractivity contribution < 1.29 is 27.5 Å². The predicted octanol–water partition coefficient (Wildman–Crippen LogP) is 4.66. The van der Waals surface area contributed by atoms with Gasteiger partial charge in [0, 0.05) is 69.5 Å². The highest BCUT2D eigenvalue weighted by molar-refractivity contribution is 7.89. The zero-order valence-corrected chi connectivity index (χ0v) is 32.1. The van der Waals surface area contributed by atoms with E-state index in [0.29, 0.717) is 62.5 Å². The Morgan fingerprint density at radius 3 is 2.09 bits per heavy atom. The van der Waals surface area contributed by atoms with E-state index < -0.39 is 22.1 Å². The average Bonchev–Trinajstić information content (AvgIpc) is 3.56. The zero-order chi connectivity index (χ0) is 37.9. The summed E-state index contributed by atoms with van der Waals surface area (Å²) in [5.74, 6) is 0.419. The van der Waals surface area contributed by atoms with E-state index in [1.165, 1.54) is 26.2 Å². The summed E-state index contributed by atoms with van der Waals surface area (Å²) in [6, 6.07) is 17.4. The van der Waals surface area contributed by atoms with Gasteiger partial charge in [-0.2, -0.15) is 5.26 Å². The number of sulfonamides is 1. The monoisotopic (exact) mass is 781 g/mol. The van der Waals surface area contributed by atoms with Crippen molar-refractivity contribution in [2.24, 2.45) is 4.99 Å². The maximum Gasteiger partial charge on any atom is 0.326 e. The molecule has 2 saturated heterocycles. The Balaban J connectivity index is 1.44. The number of nitrogens with zero attached hydrogens (tertiary/aromatic N) is 7.